The molecule has 0 bridgehead atoms. The molecule has 0 amide bonds. The Morgan fingerprint density at radius 3 is 2.68 bits per heavy atom. The molecule has 0 radical (unpaired) electrons. The highest BCUT2D eigenvalue weighted by Gasteiger charge is 2.33. The van der Waals surface area contributed by atoms with Crippen LogP contribution in [0, 0.1) is 5.92 Å². The third-order valence-corrected chi connectivity index (χ3v) is 4.47. The Hall–Kier alpha value is -0.540. The lowest BCUT2D eigenvalue weighted by atomic mass is 9.80. The lowest BCUT2D eigenvalue weighted by Gasteiger charge is -2.37. The van der Waals surface area contributed by atoms with Crippen LogP contribution in [0.4, 0.5) is 0 Å². The van der Waals surface area contributed by atoms with Gasteiger partial charge in [-0.3, -0.25) is 0 Å². The van der Waals surface area contributed by atoms with Crippen LogP contribution in [0.3, 0.4) is 0 Å². The number of likely N-dealkylation sites (N-methyl/N-ethyl adjacent to an activating group) is 1. The molecule has 0 aromatic carbocycles. The first-order chi connectivity index (χ1) is 9.36. The molecule has 0 aromatic rings. The third kappa shape index (κ3) is 3.96. The fraction of sp³-hybridized carbons (Fsp3) is 0.875. The Morgan fingerprint density at radius 1 is 1.32 bits per heavy atom. The van der Waals surface area contributed by atoms with E-state index in [9.17, 15) is 0 Å². The summed E-state index contributed by atoms with van der Waals surface area (Å²) in [5.74, 6) is 0.703. The number of nitrogens with one attached hydrogen (secondary N) is 1. The maximum absolute atomic E-state index is 6.13. The van der Waals surface area contributed by atoms with E-state index >= 15 is 0 Å². The van der Waals surface area contributed by atoms with Gasteiger partial charge in [0.2, 0.25) is 0 Å². The summed E-state index contributed by atoms with van der Waals surface area (Å²) in [5, 5.41) is 3.48. The molecular formula is C16H29NO2. The Morgan fingerprint density at radius 2 is 2.11 bits per heavy atom. The Bertz CT molecular complexity index is 284. The smallest absolute Gasteiger partial charge is 0.0876 e. The average Bonchev–Trinajstić information content (AvgIpc) is 2.49. The van der Waals surface area contributed by atoms with Crippen LogP contribution in [0.15, 0.2) is 11.8 Å². The molecule has 3 heteroatoms. The van der Waals surface area contributed by atoms with Gasteiger partial charge in [-0.15, -0.1) is 0 Å². The van der Waals surface area contributed by atoms with Crippen molar-refractivity contribution in [1.29, 1.82) is 0 Å². The molecule has 1 fully saturated rings. The number of ether oxygens (including phenoxy) is 2. The average molecular weight is 267 g/mol. The Labute approximate surface area is 117 Å². The second-order valence-corrected chi connectivity index (χ2v) is 5.75. The minimum Gasteiger partial charge on any atom is -0.501 e. The lowest BCUT2D eigenvalue weighted by molar-refractivity contribution is -0.0104. The van der Waals surface area contributed by atoms with Crippen LogP contribution in [0.2, 0.25) is 0 Å². The van der Waals surface area contributed by atoms with E-state index in [1.165, 1.54) is 37.7 Å². The fourth-order valence-electron chi connectivity index (χ4n) is 3.53. The SMILES string of the molecule is CCOC(C1CCCCC1)C(NC)C1=COCCC1. The standard InChI is InChI=1S/C16H29NO2/c1-3-19-16(13-8-5-4-6-9-13)15(17-2)14-10-7-11-18-12-14/h12-13,15-17H,3-11H2,1-2H3. The van der Waals surface area contributed by atoms with Gasteiger partial charge in [-0.05, 0) is 51.1 Å². The number of hydrogen-bond donors (Lipinski definition) is 1. The minimum atomic E-state index is 0.309. The molecular weight excluding hydrogens is 238 g/mol. The topological polar surface area (TPSA) is 30.5 Å². The summed E-state index contributed by atoms with van der Waals surface area (Å²) >= 11 is 0. The summed E-state index contributed by atoms with van der Waals surface area (Å²) in [6.07, 6.45) is 11.3. The Kier molecular flexibility index (Phi) is 6.18. The van der Waals surface area contributed by atoms with Crippen molar-refractivity contribution in [2.75, 3.05) is 20.3 Å². The zero-order valence-electron chi connectivity index (χ0n) is 12.5. The van der Waals surface area contributed by atoms with Crippen molar-refractivity contribution in [2.45, 2.75) is 64.0 Å². The van der Waals surface area contributed by atoms with Gasteiger partial charge < -0.3 is 14.8 Å². The molecule has 2 unspecified atom stereocenters. The molecule has 2 rings (SSSR count). The van der Waals surface area contributed by atoms with E-state index in [2.05, 4.69) is 19.3 Å². The van der Waals surface area contributed by atoms with Gasteiger partial charge in [0.1, 0.15) is 0 Å². The van der Waals surface area contributed by atoms with Crippen molar-refractivity contribution in [1.82, 2.24) is 5.32 Å². The lowest BCUT2D eigenvalue weighted by Crippen LogP contribution is -2.46. The van der Waals surface area contributed by atoms with E-state index < -0.39 is 0 Å². The summed E-state index contributed by atoms with van der Waals surface area (Å²) in [4.78, 5) is 0. The molecule has 1 heterocycles. The molecule has 1 saturated carbocycles. The summed E-state index contributed by atoms with van der Waals surface area (Å²) < 4.78 is 11.7. The summed E-state index contributed by atoms with van der Waals surface area (Å²) in [7, 11) is 2.05. The van der Waals surface area contributed by atoms with Crippen LogP contribution in [-0.4, -0.2) is 32.4 Å². The van der Waals surface area contributed by atoms with E-state index in [1.807, 2.05) is 6.26 Å². The summed E-state index contributed by atoms with van der Waals surface area (Å²) in [5.41, 5.74) is 1.39. The molecule has 0 saturated heterocycles. The first kappa shape index (κ1) is 14.9. The van der Waals surface area contributed by atoms with Crippen molar-refractivity contribution in [3.63, 3.8) is 0 Å². The van der Waals surface area contributed by atoms with Crippen LogP contribution in [0.5, 0.6) is 0 Å². The maximum atomic E-state index is 6.13. The molecule has 1 N–H and O–H groups in total. The second kappa shape index (κ2) is 7.91. The monoisotopic (exact) mass is 267 g/mol. The van der Waals surface area contributed by atoms with Crippen molar-refractivity contribution >= 4 is 0 Å². The molecule has 19 heavy (non-hydrogen) atoms. The van der Waals surface area contributed by atoms with Crippen LogP contribution < -0.4 is 5.32 Å². The van der Waals surface area contributed by atoms with Gasteiger partial charge in [0.15, 0.2) is 0 Å². The molecule has 2 atom stereocenters. The van der Waals surface area contributed by atoms with Crippen molar-refractivity contribution in [3.8, 4) is 0 Å². The second-order valence-electron chi connectivity index (χ2n) is 5.75. The van der Waals surface area contributed by atoms with Crippen molar-refractivity contribution in [2.24, 2.45) is 5.92 Å². The largest absolute Gasteiger partial charge is 0.501 e. The first-order valence-electron chi connectivity index (χ1n) is 7.96. The molecule has 0 spiro atoms. The number of hydrogen-bond acceptors (Lipinski definition) is 3. The minimum absolute atomic E-state index is 0.309. The van der Waals surface area contributed by atoms with Gasteiger partial charge >= 0.3 is 0 Å². The normalized spacial score (nSPS) is 24.4. The molecule has 2 aliphatic rings. The van der Waals surface area contributed by atoms with Crippen LogP contribution >= 0.6 is 0 Å². The van der Waals surface area contributed by atoms with Crippen LogP contribution in [0.25, 0.3) is 0 Å². The van der Waals surface area contributed by atoms with E-state index in [0.717, 1.165) is 26.1 Å². The first-order valence-corrected chi connectivity index (χ1v) is 7.96. The van der Waals surface area contributed by atoms with Gasteiger partial charge in [-0.1, -0.05) is 19.3 Å². The molecule has 0 aromatic heterocycles. The zero-order chi connectivity index (χ0) is 13.5. The van der Waals surface area contributed by atoms with E-state index in [1.54, 1.807) is 0 Å². The van der Waals surface area contributed by atoms with E-state index in [-0.39, 0.29) is 0 Å². The fourth-order valence-corrected chi connectivity index (χ4v) is 3.53. The predicted molar refractivity (Wildman–Crippen MR) is 78.1 cm³/mol. The Balaban J connectivity index is 2.07. The van der Waals surface area contributed by atoms with Gasteiger partial charge in [-0.2, -0.15) is 0 Å². The highest BCUT2D eigenvalue weighted by molar-refractivity contribution is 5.13. The molecule has 3 nitrogen and oxygen atoms in total. The van der Waals surface area contributed by atoms with Gasteiger partial charge in [0.25, 0.3) is 0 Å². The highest BCUT2D eigenvalue weighted by atomic mass is 16.5. The van der Waals surface area contributed by atoms with Crippen molar-refractivity contribution in [3.05, 3.63) is 11.8 Å². The van der Waals surface area contributed by atoms with Crippen molar-refractivity contribution < 1.29 is 9.47 Å². The third-order valence-electron chi connectivity index (χ3n) is 4.47. The maximum Gasteiger partial charge on any atom is 0.0876 e. The van der Waals surface area contributed by atoms with Gasteiger partial charge in [0, 0.05) is 6.61 Å². The van der Waals surface area contributed by atoms with Crippen LogP contribution in [0.1, 0.15) is 51.9 Å². The van der Waals surface area contributed by atoms with E-state index in [4.69, 9.17) is 9.47 Å². The van der Waals surface area contributed by atoms with Gasteiger partial charge in [0.05, 0.1) is 25.0 Å². The summed E-state index contributed by atoms with van der Waals surface area (Å²) in [6.45, 7) is 3.77. The summed E-state index contributed by atoms with van der Waals surface area (Å²) in [6, 6.07) is 0.323. The predicted octanol–water partition coefficient (Wildman–Crippen LogP) is 3.25. The number of rotatable bonds is 6. The zero-order valence-corrected chi connectivity index (χ0v) is 12.5. The van der Waals surface area contributed by atoms with Gasteiger partial charge in [-0.25, -0.2) is 0 Å². The molecule has 1 aliphatic carbocycles. The highest BCUT2D eigenvalue weighted by Crippen LogP contribution is 2.32. The quantitative estimate of drug-likeness (QED) is 0.801. The van der Waals surface area contributed by atoms with Crippen LogP contribution in [-0.2, 0) is 9.47 Å². The molecule has 1 aliphatic heterocycles. The molecule has 110 valence electrons. The van der Waals surface area contributed by atoms with E-state index in [0.29, 0.717) is 18.1 Å².